The van der Waals surface area contributed by atoms with Gasteiger partial charge in [0.1, 0.15) is 17.1 Å². The molecule has 0 aromatic carbocycles. The van der Waals surface area contributed by atoms with E-state index < -0.39 is 36.5 Å². The SMILES string of the molecule is [2H]C([2H])([2H])Oc1cncc(CC(=O)Cc2cnc(-n3nccn3)c(C(F)(F)F)c2)c1[C@H](C)OC. The smallest absolute Gasteiger partial charge is 0.420 e. The van der Waals surface area contributed by atoms with E-state index in [0.717, 1.165) is 17.1 Å². The zero-order valence-electron chi connectivity index (χ0n) is 19.6. The summed E-state index contributed by atoms with van der Waals surface area (Å²) in [6.07, 6.45) is 0.173. The number of ketones is 1. The largest absolute Gasteiger partial charge is 0.495 e. The number of Topliss-reactive ketones (excluding diaryl/α,β-unsaturated/α-hetero) is 1. The molecule has 0 bridgehead atoms. The molecule has 3 rings (SSSR count). The van der Waals surface area contributed by atoms with Crippen molar-refractivity contribution in [2.75, 3.05) is 14.1 Å². The molecule has 0 radical (unpaired) electrons. The Morgan fingerprint density at radius 2 is 1.97 bits per heavy atom. The summed E-state index contributed by atoms with van der Waals surface area (Å²) in [6.45, 7) is 1.64. The molecule has 0 saturated heterocycles. The maximum Gasteiger partial charge on any atom is 0.420 e. The van der Waals surface area contributed by atoms with E-state index in [1.54, 1.807) is 6.92 Å². The number of methoxy groups -OCH3 is 2. The van der Waals surface area contributed by atoms with Gasteiger partial charge in [-0.15, -0.1) is 4.80 Å². The van der Waals surface area contributed by atoms with E-state index in [1.807, 2.05) is 0 Å². The van der Waals surface area contributed by atoms with Gasteiger partial charge in [0.25, 0.3) is 0 Å². The molecule has 0 aliphatic rings. The van der Waals surface area contributed by atoms with Gasteiger partial charge < -0.3 is 9.47 Å². The van der Waals surface area contributed by atoms with Crippen LogP contribution in [-0.2, 0) is 28.5 Å². The summed E-state index contributed by atoms with van der Waals surface area (Å²) >= 11 is 0. The van der Waals surface area contributed by atoms with Crippen LogP contribution in [0.1, 0.15) is 39.4 Å². The van der Waals surface area contributed by atoms with Gasteiger partial charge in [0.15, 0.2) is 5.82 Å². The Morgan fingerprint density at radius 3 is 2.61 bits per heavy atom. The summed E-state index contributed by atoms with van der Waals surface area (Å²) in [7, 11) is -1.35. The summed E-state index contributed by atoms with van der Waals surface area (Å²) in [5.41, 5.74) is -0.395. The fourth-order valence-electron chi connectivity index (χ4n) is 3.09. The number of aromatic nitrogens is 5. The maximum atomic E-state index is 13.6. The predicted molar refractivity (Wildman–Crippen MR) is 103 cm³/mol. The van der Waals surface area contributed by atoms with Crippen molar-refractivity contribution in [1.82, 2.24) is 25.0 Å². The van der Waals surface area contributed by atoms with Gasteiger partial charge in [-0.2, -0.15) is 23.4 Å². The van der Waals surface area contributed by atoms with Crippen LogP contribution in [0.25, 0.3) is 5.82 Å². The zero-order chi connectivity index (χ0) is 25.1. The van der Waals surface area contributed by atoms with E-state index in [9.17, 15) is 18.0 Å². The first-order valence-corrected chi connectivity index (χ1v) is 9.02. The molecule has 0 N–H and O–H groups in total. The molecule has 3 heterocycles. The lowest BCUT2D eigenvalue weighted by Gasteiger charge is -2.18. The number of ether oxygens (including phenoxy) is 2. The van der Waals surface area contributed by atoms with Crippen LogP contribution in [0.4, 0.5) is 13.2 Å². The average molecular weight is 438 g/mol. The molecular formula is C20H20F3N5O3. The van der Waals surface area contributed by atoms with Crippen LogP contribution in [-0.4, -0.2) is 44.9 Å². The third kappa shape index (κ3) is 5.05. The van der Waals surface area contributed by atoms with Crippen LogP contribution in [0.2, 0.25) is 0 Å². The van der Waals surface area contributed by atoms with Crippen molar-refractivity contribution < 1.29 is 31.6 Å². The van der Waals surface area contributed by atoms with Crippen molar-refractivity contribution in [1.29, 1.82) is 0 Å². The fourth-order valence-corrected chi connectivity index (χ4v) is 3.09. The van der Waals surface area contributed by atoms with Crippen LogP contribution in [0.3, 0.4) is 0 Å². The van der Waals surface area contributed by atoms with Crippen molar-refractivity contribution >= 4 is 5.78 Å². The molecule has 8 nitrogen and oxygen atoms in total. The predicted octanol–water partition coefficient (Wildman–Crippen LogP) is 3.15. The number of rotatable bonds is 8. The van der Waals surface area contributed by atoms with Crippen LogP contribution < -0.4 is 4.74 Å². The molecule has 3 aromatic rings. The van der Waals surface area contributed by atoms with Crippen LogP contribution in [0.15, 0.2) is 37.1 Å². The standard InChI is InChI=1S/C20H20F3N5O3/c1-12(30-2)18-14(10-24-11-17(18)31-3)8-15(29)6-13-7-16(20(21,22)23)19(25-9-13)28-26-4-5-27-28/h4-5,7,9-12H,6,8H2,1-3H3/t12-/m0/s1/i3D3. The maximum absolute atomic E-state index is 13.6. The normalized spacial score (nSPS) is 14.4. The minimum absolute atomic E-state index is 0.0393. The van der Waals surface area contributed by atoms with Crippen molar-refractivity contribution in [2.45, 2.75) is 32.0 Å². The highest BCUT2D eigenvalue weighted by atomic mass is 19.4. The number of hydrogen-bond donors (Lipinski definition) is 0. The molecule has 0 unspecified atom stereocenters. The van der Waals surface area contributed by atoms with Crippen molar-refractivity contribution in [3.8, 4) is 11.6 Å². The third-order valence-electron chi connectivity index (χ3n) is 4.53. The number of carbonyl (C=O) groups excluding carboxylic acids is 1. The Balaban J connectivity index is 1.88. The third-order valence-corrected chi connectivity index (χ3v) is 4.53. The summed E-state index contributed by atoms with van der Waals surface area (Å²) in [5.74, 6) is -1.03. The highest BCUT2D eigenvalue weighted by molar-refractivity contribution is 5.83. The molecule has 0 aliphatic carbocycles. The molecule has 11 heteroatoms. The van der Waals surface area contributed by atoms with Crippen molar-refractivity contribution in [3.63, 3.8) is 0 Å². The Kier molecular flexibility index (Phi) is 5.48. The van der Waals surface area contributed by atoms with E-state index in [-0.39, 0.29) is 24.2 Å². The minimum atomic E-state index is -4.75. The highest BCUT2D eigenvalue weighted by Crippen LogP contribution is 2.33. The quantitative estimate of drug-likeness (QED) is 0.534. The lowest BCUT2D eigenvalue weighted by molar-refractivity contribution is -0.138. The van der Waals surface area contributed by atoms with Crippen LogP contribution in [0, 0.1) is 0 Å². The van der Waals surface area contributed by atoms with Gasteiger partial charge in [-0.25, -0.2) is 4.98 Å². The van der Waals surface area contributed by atoms with Gasteiger partial charge in [0, 0.05) is 37.9 Å². The van der Waals surface area contributed by atoms with Gasteiger partial charge in [-0.1, -0.05) is 0 Å². The molecule has 0 saturated carbocycles. The van der Waals surface area contributed by atoms with Crippen LogP contribution >= 0.6 is 0 Å². The van der Waals surface area contributed by atoms with Gasteiger partial charge in [0.2, 0.25) is 0 Å². The summed E-state index contributed by atoms with van der Waals surface area (Å²) in [5, 5.41) is 7.36. The molecule has 1 atom stereocenters. The van der Waals surface area contributed by atoms with Crippen molar-refractivity contribution in [3.05, 3.63) is 59.3 Å². The molecule has 31 heavy (non-hydrogen) atoms. The van der Waals surface area contributed by atoms with Gasteiger partial charge in [-0.3, -0.25) is 9.78 Å². The zero-order valence-corrected chi connectivity index (χ0v) is 16.6. The molecular weight excluding hydrogens is 415 g/mol. The number of alkyl halides is 3. The average Bonchev–Trinajstić information content (AvgIpc) is 3.26. The van der Waals surface area contributed by atoms with E-state index in [1.165, 1.54) is 31.9 Å². The first kappa shape index (κ1) is 18.4. The number of halogens is 3. The van der Waals surface area contributed by atoms with Crippen LogP contribution in [0.5, 0.6) is 5.75 Å². The highest BCUT2D eigenvalue weighted by Gasteiger charge is 2.36. The monoisotopic (exact) mass is 438 g/mol. The number of nitrogens with zero attached hydrogens (tertiary/aromatic N) is 5. The second-order valence-corrected chi connectivity index (χ2v) is 6.61. The van der Waals surface area contributed by atoms with E-state index in [2.05, 4.69) is 20.2 Å². The Morgan fingerprint density at radius 1 is 1.23 bits per heavy atom. The Labute approximate surface area is 180 Å². The molecule has 0 spiro atoms. The Hall–Kier alpha value is -3.34. The number of hydrogen-bond acceptors (Lipinski definition) is 7. The lowest BCUT2D eigenvalue weighted by atomic mass is 9.97. The molecule has 3 aromatic heterocycles. The second-order valence-electron chi connectivity index (χ2n) is 6.61. The lowest BCUT2D eigenvalue weighted by Crippen LogP contribution is -2.16. The van der Waals surface area contributed by atoms with E-state index in [0.29, 0.717) is 11.1 Å². The molecule has 0 aliphatic heterocycles. The Bertz CT molecular complexity index is 1150. The molecule has 164 valence electrons. The van der Waals surface area contributed by atoms with Gasteiger partial charge in [-0.05, 0) is 24.1 Å². The summed E-state index contributed by atoms with van der Waals surface area (Å²) in [6, 6.07) is 0.828. The minimum Gasteiger partial charge on any atom is -0.495 e. The van der Waals surface area contributed by atoms with Gasteiger partial charge >= 0.3 is 6.18 Å². The number of carbonyl (C=O) groups is 1. The van der Waals surface area contributed by atoms with Crippen molar-refractivity contribution in [2.24, 2.45) is 0 Å². The fraction of sp³-hybridized carbons (Fsp3) is 0.350. The van der Waals surface area contributed by atoms with Gasteiger partial charge in [0.05, 0.1) is 35.8 Å². The summed E-state index contributed by atoms with van der Waals surface area (Å²) < 4.78 is 73.0. The molecule has 0 amide bonds. The summed E-state index contributed by atoms with van der Waals surface area (Å²) in [4.78, 5) is 21.2. The number of pyridine rings is 2. The first-order chi connectivity index (χ1) is 15.9. The first-order valence-electron chi connectivity index (χ1n) is 10.5. The second kappa shape index (κ2) is 9.21. The molecule has 0 fully saturated rings. The van der Waals surface area contributed by atoms with E-state index >= 15 is 0 Å². The topological polar surface area (TPSA) is 92.0 Å². The van der Waals surface area contributed by atoms with E-state index in [4.69, 9.17) is 13.6 Å².